The van der Waals surface area contributed by atoms with E-state index in [0.717, 1.165) is 0 Å². The molecule has 2 amide bonds. The van der Waals surface area contributed by atoms with Crippen molar-refractivity contribution in [2.45, 2.75) is 19.0 Å². The van der Waals surface area contributed by atoms with Crippen LogP contribution in [-0.4, -0.2) is 28.9 Å². The maximum absolute atomic E-state index is 11.4. The SMILES string of the molecule is NC(=O)CC(N)C(=O)NCc1ccc(C(=O)O)o1. The molecule has 18 heavy (non-hydrogen) atoms. The van der Waals surface area contributed by atoms with E-state index in [2.05, 4.69) is 5.32 Å². The Balaban J connectivity index is 2.46. The molecular formula is C10H13N3O5. The van der Waals surface area contributed by atoms with E-state index in [1.165, 1.54) is 12.1 Å². The van der Waals surface area contributed by atoms with Gasteiger partial charge in [-0.15, -0.1) is 0 Å². The summed E-state index contributed by atoms with van der Waals surface area (Å²) in [5.41, 5.74) is 10.3. The predicted molar refractivity (Wildman–Crippen MR) is 59.3 cm³/mol. The average molecular weight is 255 g/mol. The number of carboxylic acid groups (broad SMARTS) is 1. The molecule has 8 heteroatoms. The Kier molecular flexibility index (Phi) is 4.44. The normalized spacial score (nSPS) is 11.8. The molecule has 0 bridgehead atoms. The van der Waals surface area contributed by atoms with Crippen LogP contribution in [0, 0.1) is 0 Å². The lowest BCUT2D eigenvalue weighted by molar-refractivity contribution is -0.126. The van der Waals surface area contributed by atoms with Gasteiger partial charge < -0.3 is 26.3 Å². The van der Waals surface area contributed by atoms with Crippen LogP contribution < -0.4 is 16.8 Å². The van der Waals surface area contributed by atoms with Gasteiger partial charge in [-0.2, -0.15) is 0 Å². The van der Waals surface area contributed by atoms with E-state index >= 15 is 0 Å². The second-order valence-electron chi connectivity index (χ2n) is 3.57. The van der Waals surface area contributed by atoms with Crippen molar-refractivity contribution in [1.82, 2.24) is 5.32 Å². The van der Waals surface area contributed by atoms with Crippen molar-refractivity contribution < 1.29 is 23.9 Å². The van der Waals surface area contributed by atoms with E-state index in [0.29, 0.717) is 0 Å². The third-order valence-corrected chi connectivity index (χ3v) is 2.07. The molecule has 0 aliphatic carbocycles. The zero-order chi connectivity index (χ0) is 13.7. The molecule has 1 heterocycles. The Morgan fingerprint density at radius 1 is 1.39 bits per heavy atom. The number of nitrogens with two attached hydrogens (primary N) is 2. The summed E-state index contributed by atoms with van der Waals surface area (Å²) in [6.45, 7) is -0.0153. The van der Waals surface area contributed by atoms with Gasteiger partial charge >= 0.3 is 5.97 Å². The molecule has 1 rings (SSSR count). The number of furan rings is 1. The standard InChI is InChI=1S/C10H13N3O5/c11-6(3-8(12)14)9(15)13-4-5-1-2-7(18-5)10(16)17/h1-2,6H,3-4,11H2,(H2,12,14)(H,13,15)(H,16,17). The van der Waals surface area contributed by atoms with Crippen molar-refractivity contribution in [3.8, 4) is 0 Å². The smallest absolute Gasteiger partial charge is 0.371 e. The van der Waals surface area contributed by atoms with E-state index in [4.69, 9.17) is 21.0 Å². The second-order valence-corrected chi connectivity index (χ2v) is 3.57. The molecule has 0 fully saturated rings. The second kappa shape index (κ2) is 5.82. The zero-order valence-electron chi connectivity index (χ0n) is 9.38. The summed E-state index contributed by atoms with van der Waals surface area (Å²) in [5, 5.41) is 11.0. The Bertz CT molecular complexity index is 468. The molecule has 1 atom stereocenters. The fourth-order valence-corrected chi connectivity index (χ4v) is 1.20. The fourth-order valence-electron chi connectivity index (χ4n) is 1.20. The quantitative estimate of drug-likeness (QED) is 0.501. The van der Waals surface area contributed by atoms with Gasteiger partial charge in [0.05, 0.1) is 19.0 Å². The first-order chi connectivity index (χ1) is 8.40. The Hall–Kier alpha value is -2.35. The van der Waals surface area contributed by atoms with Crippen LogP contribution in [0.2, 0.25) is 0 Å². The number of carbonyl (C=O) groups is 3. The van der Waals surface area contributed by atoms with Crippen LogP contribution in [0.15, 0.2) is 16.5 Å². The average Bonchev–Trinajstić information content (AvgIpc) is 2.73. The lowest BCUT2D eigenvalue weighted by atomic mass is 10.2. The fraction of sp³-hybridized carbons (Fsp3) is 0.300. The molecule has 98 valence electrons. The first-order valence-electron chi connectivity index (χ1n) is 5.03. The van der Waals surface area contributed by atoms with Crippen molar-refractivity contribution in [3.05, 3.63) is 23.7 Å². The maximum atomic E-state index is 11.4. The topological polar surface area (TPSA) is 149 Å². The summed E-state index contributed by atoms with van der Waals surface area (Å²) in [4.78, 5) is 32.5. The number of aromatic carboxylic acids is 1. The van der Waals surface area contributed by atoms with Gasteiger partial charge in [0.1, 0.15) is 5.76 Å². The lowest BCUT2D eigenvalue weighted by Crippen LogP contribution is -2.42. The van der Waals surface area contributed by atoms with E-state index in [9.17, 15) is 14.4 Å². The predicted octanol–water partition coefficient (Wildman–Crippen LogP) is -1.20. The maximum Gasteiger partial charge on any atom is 0.371 e. The lowest BCUT2D eigenvalue weighted by Gasteiger charge is -2.09. The number of nitrogens with one attached hydrogen (secondary N) is 1. The summed E-state index contributed by atoms with van der Waals surface area (Å²) in [6, 6.07) is 1.66. The van der Waals surface area contributed by atoms with Gasteiger partial charge in [-0.25, -0.2) is 4.79 Å². The zero-order valence-corrected chi connectivity index (χ0v) is 9.38. The van der Waals surface area contributed by atoms with Crippen LogP contribution in [-0.2, 0) is 16.1 Å². The van der Waals surface area contributed by atoms with Crippen molar-refractivity contribution in [1.29, 1.82) is 0 Å². The molecule has 6 N–H and O–H groups in total. The van der Waals surface area contributed by atoms with Crippen LogP contribution >= 0.6 is 0 Å². The molecule has 0 aromatic carbocycles. The number of hydrogen-bond donors (Lipinski definition) is 4. The first kappa shape index (κ1) is 13.7. The highest BCUT2D eigenvalue weighted by Gasteiger charge is 2.16. The monoisotopic (exact) mass is 255 g/mol. The number of carbonyl (C=O) groups excluding carboxylic acids is 2. The number of amides is 2. The molecule has 1 unspecified atom stereocenters. The van der Waals surface area contributed by atoms with Crippen LogP contribution in [0.25, 0.3) is 0 Å². The summed E-state index contributed by atoms with van der Waals surface area (Å²) in [5.74, 6) is -2.39. The molecule has 8 nitrogen and oxygen atoms in total. The minimum Gasteiger partial charge on any atom is -0.475 e. The molecule has 0 aliphatic rings. The third-order valence-electron chi connectivity index (χ3n) is 2.07. The molecule has 0 radical (unpaired) electrons. The minimum absolute atomic E-state index is 0.0153. The molecule has 1 aromatic heterocycles. The van der Waals surface area contributed by atoms with Gasteiger partial charge in [0, 0.05) is 0 Å². The highest BCUT2D eigenvalue weighted by molar-refractivity contribution is 5.87. The van der Waals surface area contributed by atoms with Gasteiger partial charge in [0.25, 0.3) is 0 Å². The molecule has 0 saturated carbocycles. The largest absolute Gasteiger partial charge is 0.475 e. The van der Waals surface area contributed by atoms with Crippen molar-refractivity contribution in [2.75, 3.05) is 0 Å². The van der Waals surface area contributed by atoms with E-state index in [-0.39, 0.29) is 24.5 Å². The highest BCUT2D eigenvalue weighted by Crippen LogP contribution is 2.07. The molecule has 0 aliphatic heterocycles. The van der Waals surface area contributed by atoms with Crippen LogP contribution in [0.3, 0.4) is 0 Å². The number of carboxylic acids is 1. The molecule has 0 saturated heterocycles. The van der Waals surface area contributed by atoms with Gasteiger partial charge in [0.15, 0.2) is 0 Å². The Labute approximate surface area is 102 Å². The van der Waals surface area contributed by atoms with E-state index in [1.54, 1.807) is 0 Å². The summed E-state index contributed by atoms with van der Waals surface area (Å²) in [7, 11) is 0. The van der Waals surface area contributed by atoms with Crippen LogP contribution in [0.5, 0.6) is 0 Å². The van der Waals surface area contributed by atoms with E-state index < -0.39 is 23.8 Å². The van der Waals surface area contributed by atoms with Gasteiger partial charge in [0.2, 0.25) is 17.6 Å². The molecule has 0 spiro atoms. The number of rotatable bonds is 6. The van der Waals surface area contributed by atoms with Gasteiger partial charge in [-0.3, -0.25) is 9.59 Å². The Morgan fingerprint density at radius 3 is 2.56 bits per heavy atom. The third kappa shape index (κ3) is 3.91. The van der Waals surface area contributed by atoms with Crippen molar-refractivity contribution >= 4 is 17.8 Å². The highest BCUT2D eigenvalue weighted by atomic mass is 16.4. The van der Waals surface area contributed by atoms with Gasteiger partial charge in [-0.1, -0.05) is 0 Å². The van der Waals surface area contributed by atoms with Crippen molar-refractivity contribution in [2.24, 2.45) is 11.5 Å². The number of primary amides is 1. The van der Waals surface area contributed by atoms with E-state index in [1.807, 2.05) is 0 Å². The van der Waals surface area contributed by atoms with Crippen LogP contribution in [0.1, 0.15) is 22.7 Å². The van der Waals surface area contributed by atoms with Gasteiger partial charge in [-0.05, 0) is 12.1 Å². The summed E-state index contributed by atoms with van der Waals surface area (Å²) < 4.78 is 4.91. The van der Waals surface area contributed by atoms with Crippen LogP contribution in [0.4, 0.5) is 0 Å². The number of hydrogen-bond acceptors (Lipinski definition) is 5. The van der Waals surface area contributed by atoms with Crippen molar-refractivity contribution in [3.63, 3.8) is 0 Å². The first-order valence-corrected chi connectivity index (χ1v) is 5.03. The summed E-state index contributed by atoms with van der Waals surface area (Å²) >= 11 is 0. The molecular weight excluding hydrogens is 242 g/mol. The summed E-state index contributed by atoms with van der Waals surface area (Å²) in [6.07, 6.45) is -0.260. The Morgan fingerprint density at radius 2 is 2.06 bits per heavy atom. The molecule has 1 aromatic rings. The minimum atomic E-state index is -1.20.